The lowest BCUT2D eigenvalue weighted by Gasteiger charge is -2.25. The zero-order chi connectivity index (χ0) is 20.4. The molecule has 0 aromatic heterocycles. The maximum absolute atomic E-state index is 14.4. The number of anilines is 1. The number of methoxy groups -OCH3 is 2. The molecule has 0 spiro atoms. The third-order valence-corrected chi connectivity index (χ3v) is 5.24. The molecule has 0 aliphatic carbocycles. The van der Waals surface area contributed by atoms with Crippen LogP contribution in [0.4, 0.5) is 10.1 Å². The highest BCUT2D eigenvalue weighted by atomic mass is 35.5. The molecule has 0 amide bonds. The van der Waals surface area contributed by atoms with Gasteiger partial charge in [-0.25, -0.2) is 4.39 Å². The van der Waals surface area contributed by atoms with Gasteiger partial charge in [-0.2, -0.15) is 5.10 Å². The Hall–Kier alpha value is -3.05. The third kappa shape index (κ3) is 3.78. The third-order valence-electron chi connectivity index (χ3n) is 4.99. The van der Waals surface area contributed by atoms with E-state index in [2.05, 4.69) is 0 Å². The first-order valence-electron chi connectivity index (χ1n) is 9.20. The van der Waals surface area contributed by atoms with Gasteiger partial charge in [0.1, 0.15) is 17.3 Å². The highest BCUT2D eigenvalue weighted by Crippen LogP contribution is 2.41. The van der Waals surface area contributed by atoms with Crippen molar-refractivity contribution in [1.29, 1.82) is 0 Å². The summed E-state index contributed by atoms with van der Waals surface area (Å²) in [5, 5.41) is 7.31. The molecule has 0 radical (unpaired) electrons. The summed E-state index contributed by atoms with van der Waals surface area (Å²) in [5.74, 6) is 1.11. The van der Waals surface area contributed by atoms with Crippen molar-refractivity contribution in [3.63, 3.8) is 0 Å². The van der Waals surface area contributed by atoms with Gasteiger partial charge in [-0.1, -0.05) is 29.8 Å². The predicted molar refractivity (Wildman–Crippen MR) is 114 cm³/mol. The summed E-state index contributed by atoms with van der Waals surface area (Å²) in [5.41, 5.74) is 2.99. The standard InChI is InChI=1S/C23H20ClFN2O2/c1-28-17-11-12-19(23(13-17)29-2)22-14-21(18-5-3-4-6-20(18)25)26-27(22)16-9-7-15(24)8-10-16/h3-13,22H,14H2,1-2H3. The Balaban J connectivity index is 1.80. The van der Waals surface area contributed by atoms with E-state index in [-0.39, 0.29) is 11.9 Å². The molecular weight excluding hydrogens is 391 g/mol. The second-order valence-corrected chi connectivity index (χ2v) is 7.11. The van der Waals surface area contributed by atoms with Gasteiger partial charge in [0.15, 0.2) is 0 Å². The highest BCUT2D eigenvalue weighted by molar-refractivity contribution is 6.30. The monoisotopic (exact) mass is 410 g/mol. The fourth-order valence-electron chi connectivity index (χ4n) is 3.54. The van der Waals surface area contributed by atoms with Crippen molar-refractivity contribution in [2.45, 2.75) is 12.5 Å². The number of halogens is 2. The van der Waals surface area contributed by atoms with E-state index in [0.717, 1.165) is 11.3 Å². The first-order valence-corrected chi connectivity index (χ1v) is 9.57. The molecule has 0 N–H and O–H groups in total. The van der Waals surface area contributed by atoms with E-state index < -0.39 is 0 Å². The van der Waals surface area contributed by atoms with Crippen LogP contribution in [-0.4, -0.2) is 19.9 Å². The van der Waals surface area contributed by atoms with Gasteiger partial charge in [-0.15, -0.1) is 0 Å². The van der Waals surface area contributed by atoms with Crippen LogP contribution < -0.4 is 14.5 Å². The van der Waals surface area contributed by atoms with Crippen LogP contribution in [0.3, 0.4) is 0 Å². The minimum absolute atomic E-state index is 0.161. The summed E-state index contributed by atoms with van der Waals surface area (Å²) in [4.78, 5) is 0. The second kappa shape index (κ2) is 8.13. The van der Waals surface area contributed by atoms with Crippen molar-refractivity contribution in [1.82, 2.24) is 0 Å². The fraction of sp³-hybridized carbons (Fsp3) is 0.174. The predicted octanol–water partition coefficient (Wildman–Crippen LogP) is 5.85. The quantitative estimate of drug-likeness (QED) is 0.529. The van der Waals surface area contributed by atoms with Crippen LogP contribution in [-0.2, 0) is 0 Å². The van der Waals surface area contributed by atoms with Crippen LogP contribution in [0.5, 0.6) is 11.5 Å². The molecule has 0 saturated heterocycles. The number of rotatable bonds is 5. The lowest BCUT2D eigenvalue weighted by molar-refractivity contribution is 0.388. The maximum Gasteiger partial charge on any atom is 0.132 e. The minimum Gasteiger partial charge on any atom is -0.497 e. The van der Waals surface area contributed by atoms with E-state index in [1.807, 2.05) is 53.5 Å². The van der Waals surface area contributed by atoms with E-state index in [1.54, 1.807) is 26.4 Å². The van der Waals surface area contributed by atoms with Crippen molar-refractivity contribution in [2.24, 2.45) is 5.10 Å². The van der Waals surface area contributed by atoms with Gasteiger partial charge in [0.05, 0.1) is 31.7 Å². The zero-order valence-corrected chi connectivity index (χ0v) is 16.9. The average Bonchev–Trinajstić information content (AvgIpc) is 3.19. The van der Waals surface area contributed by atoms with E-state index >= 15 is 0 Å². The fourth-order valence-corrected chi connectivity index (χ4v) is 3.66. The molecule has 3 aromatic rings. The summed E-state index contributed by atoms with van der Waals surface area (Å²) in [6.07, 6.45) is 0.534. The van der Waals surface area contributed by atoms with E-state index in [1.165, 1.54) is 6.07 Å². The largest absolute Gasteiger partial charge is 0.497 e. The summed E-state index contributed by atoms with van der Waals surface area (Å²) in [7, 11) is 3.24. The number of nitrogens with zero attached hydrogens (tertiary/aromatic N) is 2. The molecule has 0 fully saturated rings. The molecule has 6 heteroatoms. The summed E-state index contributed by atoms with van der Waals surface area (Å²) in [6, 6.07) is 19.7. The number of hydrogen-bond acceptors (Lipinski definition) is 4. The Morgan fingerprint density at radius 1 is 1.00 bits per heavy atom. The Morgan fingerprint density at radius 3 is 2.45 bits per heavy atom. The van der Waals surface area contributed by atoms with Crippen molar-refractivity contribution >= 4 is 23.0 Å². The molecule has 0 saturated carbocycles. The summed E-state index contributed by atoms with van der Waals surface area (Å²) < 4.78 is 25.4. The first-order chi connectivity index (χ1) is 14.1. The van der Waals surface area contributed by atoms with Gasteiger partial charge in [-0.3, -0.25) is 5.01 Å². The van der Waals surface area contributed by atoms with Crippen molar-refractivity contribution < 1.29 is 13.9 Å². The molecule has 29 heavy (non-hydrogen) atoms. The first kappa shape index (κ1) is 19.3. The molecule has 1 aliphatic heterocycles. The summed E-state index contributed by atoms with van der Waals surface area (Å²) in [6.45, 7) is 0. The van der Waals surface area contributed by atoms with Gasteiger partial charge in [0, 0.05) is 28.6 Å². The molecule has 4 nitrogen and oxygen atoms in total. The van der Waals surface area contributed by atoms with Crippen LogP contribution >= 0.6 is 11.6 Å². The molecule has 1 atom stereocenters. The lowest BCUT2D eigenvalue weighted by atomic mass is 9.97. The van der Waals surface area contributed by atoms with E-state index in [9.17, 15) is 4.39 Å². The molecule has 1 aliphatic rings. The van der Waals surface area contributed by atoms with Gasteiger partial charge in [-0.05, 0) is 42.5 Å². The van der Waals surface area contributed by atoms with Crippen molar-refractivity contribution in [2.75, 3.05) is 19.2 Å². The molecule has 4 rings (SSSR count). The van der Waals surface area contributed by atoms with Crippen LogP contribution in [0, 0.1) is 5.82 Å². The molecule has 1 unspecified atom stereocenters. The smallest absolute Gasteiger partial charge is 0.132 e. The van der Waals surface area contributed by atoms with Gasteiger partial charge in [0.2, 0.25) is 0 Å². The number of hydrazone groups is 1. The van der Waals surface area contributed by atoms with Crippen LogP contribution in [0.25, 0.3) is 0 Å². The maximum atomic E-state index is 14.4. The van der Waals surface area contributed by atoms with Gasteiger partial charge < -0.3 is 9.47 Å². The normalized spacial score (nSPS) is 15.9. The van der Waals surface area contributed by atoms with E-state index in [0.29, 0.717) is 34.2 Å². The van der Waals surface area contributed by atoms with Crippen LogP contribution in [0.1, 0.15) is 23.6 Å². The molecule has 148 valence electrons. The average molecular weight is 411 g/mol. The van der Waals surface area contributed by atoms with Gasteiger partial charge in [0.25, 0.3) is 0 Å². The Kier molecular flexibility index (Phi) is 5.41. The van der Waals surface area contributed by atoms with Crippen LogP contribution in [0.15, 0.2) is 71.8 Å². The molecule has 1 heterocycles. The minimum atomic E-state index is -0.287. The number of benzene rings is 3. The zero-order valence-electron chi connectivity index (χ0n) is 16.1. The van der Waals surface area contributed by atoms with Crippen LogP contribution in [0.2, 0.25) is 5.02 Å². The topological polar surface area (TPSA) is 34.1 Å². The SMILES string of the molecule is COc1ccc(C2CC(c3ccccc3F)=NN2c2ccc(Cl)cc2)c(OC)c1. The second-order valence-electron chi connectivity index (χ2n) is 6.68. The van der Waals surface area contributed by atoms with Crippen molar-refractivity contribution in [3.05, 3.63) is 88.7 Å². The van der Waals surface area contributed by atoms with Gasteiger partial charge >= 0.3 is 0 Å². The highest BCUT2D eigenvalue weighted by Gasteiger charge is 2.33. The molecule has 3 aromatic carbocycles. The van der Waals surface area contributed by atoms with E-state index in [4.69, 9.17) is 26.2 Å². The lowest BCUT2D eigenvalue weighted by Crippen LogP contribution is -2.19. The van der Waals surface area contributed by atoms with Crippen molar-refractivity contribution in [3.8, 4) is 11.5 Å². The molecular formula is C23H20ClFN2O2. The number of hydrogen-bond donors (Lipinski definition) is 0. The Morgan fingerprint density at radius 2 is 1.76 bits per heavy atom. The Bertz CT molecular complexity index is 1050. The summed E-state index contributed by atoms with van der Waals surface area (Å²) >= 11 is 6.06. The Labute approximate surface area is 174 Å². The molecule has 0 bridgehead atoms. The number of ether oxygens (including phenoxy) is 2.